The van der Waals surface area contributed by atoms with Gasteiger partial charge >= 0.3 is 6.09 Å². The summed E-state index contributed by atoms with van der Waals surface area (Å²) in [7, 11) is 0. The molecule has 0 fully saturated rings. The summed E-state index contributed by atoms with van der Waals surface area (Å²) in [4.78, 5) is 25.7. The van der Waals surface area contributed by atoms with Gasteiger partial charge in [0.05, 0.1) is 18.1 Å². The van der Waals surface area contributed by atoms with Gasteiger partial charge in [0.2, 0.25) is 0 Å². The highest BCUT2D eigenvalue weighted by Crippen LogP contribution is 2.34. The molecule has 0 bridgehead atoms. The molecule has 0 amide bonds. The minimum Gasteiger partial charge on any atom is -0.452 e. The van der Waals surface area contributed by atoms with E-state index in [4.69, 9.17) is 9.47 Å². The minimum absolute atomic E-state index is 0.0228. The SMILES string of the molecule is Cc1c(-c2cc(Oc3ccc(NCc4cccn(-c5ccc(F)cc5)c4=O)cc3F)c3ccnn3c2)cnn1C(=O)OC(C)(C)C. The van der Waals surface area contributed by atoms with Crippen LogP contribution in [0.4, 0.5) is 19.3 Å². The average Bonchev–Trinajstić information content (AvgIpc) is 3.64. The highest BCUT2D eigenvalue weighted by atomic mass is 19.1. The van der Waals surface area contributed by atoms with Crippen LogP contribution in [0.2, 0.25) is 0 Å². The number of anilines is 1. The van der Waals surface area contributed by atoms with Crippen molar-refractivity contribution in [1.29, 1.82) is 0 Å². The maximum absolute atomic E-state index is 15.4. The second kappa shape index (κ2) is 12.0. The second-order valence-corrected chi connectivity index (χ2v) is 11.6. The van der Waals surface area contributed by atoms with Gasteiger partial charge in [0, 0.05) is 53.1 Å². The molecular formula is C34H30F2N6O4. The molecule has 6 rings (SSSR count). The number of hydrogen-bond acceptors (Lipinski definition) is 7. The average molecular weight is 625 g/mol. The quantitative estimate of drug-likeness (QED) is 0.202. The lowest BCUT2D eigenvalue weighted by molar-refractivity contribution is 0.0511. The first-order valence-electron chi connectivity index (χ1n) is 14.4. The highest BCUT2D eigenvalue weighted by molar-refractivity contribution is 5.77. The van der Waals surface area contributed by atoms with Gasteiger partial charge in [-0.2, -0.15) is 14.9 Å². The van der Waals surface area contributed by atoms with E-state index in [-0.39, 0.29) is 17.9 Å². The van der Waals surface area contributed by atoms with Crippen LogP contribution in [0.1, 0.15) is 32.0 Å². The Balaban J connectivity index is 1.22. The summed E-state index contributed by atoms with van der Waals surface area (Å²) in [5, 5.41) is 11.6. The van der Waals surface area contributed by atoms with Crippen LogP contribution in [-0.4, -0.2) is 35.7 Å². The van der Waals surface area contributed by atoms with Gasteiger partial charge < -0.3 is 14.8 Å². The molecule has 4 aromatic heterocycles. The molecule has 0 aliphatic heterocycles. The Hall–Kier alpha value is -5.78. The number of nitrogens with zero attached hydrogens (tertiary/aromatic N) is 5. The zero-order chi connectivity index (χ0) is 32.6. The number of carbonyl (C=O) groups excluding carboxylic acids is 1. The fourth-order valence-corrected chi connectivity index (χ4v) is 4.90. The van der Waals surface area contributed by atoms with Crippen molar-refractivity contribution in [3.63, 3.8) is 0 Å². The maximum atomic E-state index is 15.4. The first-order chi connectivity index (χ1) is 22.0. The molecule has 0 unspecified atom stereocenters. The Labute approximate surface area is 262 Å². The molecule has 46 heavy (non-hydrogen) atoms. The molecule has 1 N–H and O–H groups in total. The monoisotopic (exact) mass is 624 g/mol. The number of fused-ring (bicyclic) bond motifs is 1. The van der Waals surface area contributed by atoms with Crippen LogP contribution >= 0.6 is 0 Å². The predicted octanol–water partition coefficient (Wildman–Crippen LogP) is 7.12. The van der Waals surface area contributed by atoms with E-state index in [9.17, 15) is 14.0 Å². The summed E-state index contributed by atoms with van der Waals surface area (Å²) >= 11 is 0. The minimum atomic E-state index is -0.686. The van der Waals surface area contributed by atoms with Crippen molar-refractivity contribution in [3.05, 3.63) is 125 Å². The van der Waals surface area contributed by atoms with E-state index >= 15 is 4.39 Å². The van der Waals surface area contributed by atoms with Crippen LogP contribution in [0.25, 0.3) is 22.3 Å². The third kappa shape index (κ3) is 6.23. The Morgan fingerprint density at radius 3 is 2.50 bits per heavy atom. The second-order valence-electron chi connectivity index (χ2n) is 11.6. The molecule has 234 valence electrons. The number of halogens is 2. The number of aromatic nitrogens is 5. The smallest absolute Gasteiger partial charge is 0.435 e. The number of hydrogen-bond donors (Lipinski definition) is 1. The van der Waals surface area contributed by atoms with E-state index in [1.807, 2.05) is 0 Å². The van der Waals surface area contributed by atoms with Gasteiger partial charge in [-0.05, 0) is 82.3 Å². The van der Waals surface area contributed by atoms with Crippen molar-refractivity contribution < 1.29 is 23.0 Å². The maximum Gasteiger partial charge on any atom is 0.435 e. The van der Waals surface area contributed by atoms with Crippen LogP contribution < -0.4 is 15.6 Å². The van der Waals surface area contributed by atoms with E-state index in [1.54, 1.807) is 87.3 Å². The lowest BCUT2D eigenvalue weighted by Gasteiger charge is -2.19. The Morgan fingerprint density at radius 2 is 1.76 bits per heavy atom. The molecule has 0 atom stereocenters. The van der Waals surface area contributed by atoms with Gasteiger partial charge in [-0.15, -0.1) is 0 Å². The number of carbonyl (C=O) groups is 1. The third-order valence-corrected chi connectivity index (χ3v) is 7.12. The molecular weight excluding hydrogens is 594 g/mol. The van der Waals surface area contributed by atoms with E-state index < -0.39 is 23.3 Å². The Morgan fingerprint density at radius 1 is 0.978 bits per heavy atom. The van der Waals surface area contributed by atoms with Crippen LogP contribution in [0.5, 0.6) is 11.5 Å². The van der Waals surface area contributed by atoms with E-state index in [0.29, 0.717) is 45.0 Å². The molecule has 0 radical (unpaired) electrons. The molecule has 0 aliphatic carbocycles. The highest BCUT2D eigenvalue weighted by Gasteiger charge is 2.22. The normalized spacial score (nSPS) is 11.5. The van der Waals surface area contributed by atoms with Crippen LogP contribution in [0.15, 0.2) is 96.3 Å². The van der Waals surface area contributed by atoms with E-state index in [1.165, 1.54) is 45.6 Å². The topological polar surface area (TPSA) is 105 Å². The number of pyridine rings is 2. The van der Waals surface area contributed by atoms with E-state index in [0.717, 1.165) is 0 Å². The van der Waals surface area contributed by atoms with Crippen molar-refractivity contribution in [3.8, 4) is 28.3 Å². The number of benzene rings is 2. The fourth-order valence-electron chi connectivity index (χ4n) is 4.90. The largest absolute Gasteiger partial charge is 0.452 e. The van der Waals surface area contributed by atoms with Crippen LogP contribution in [-0.2, 0) is 11.3 Å². The summed E-state index contributed by atoms with van der Waals surface area (Å²) in [5.41, 5.74) is 2.89. The lowest BCUT2D eigenvalue weighted by Crippen LogP contribution is -2.28. The van der Waals surface area contributed by atoms with Crippen molar-refractivity contribution >= 4 is 17.3 Å². The molecule has 0 saturated carbocycles. The van der Waals surface area contributed by atoms with Gasteiger partial charge in [-0.25, -0.2) is 18.1 Å². The summed E-state index contributed by atoms with van der Waals surface area (Å²) < 4.78 is 44.4. The first kappa shape index (κ1) is 30.3. The molecule has 10 nitrogen and oxygen atoms in total. The van der Waals surface area contributed by atoms with Gasteiger partial charge in [0.1, 0.15) is 16.9 Å². The molecule has 0 aliphatic rings. The molecule has 6 aromatic rings. The predicted molar refractivity (Wildman–Crippen MR) is 169 cm³/mol. The van der Waals surface area contributed by atoms with Gasteiger partial charge in [-0.3, -0.25) is 9.36 Å². The number of ether oxygens (including phenoxy) is 2. The summed E-state index contributed by atoms with van der Waals surface area (Å²) in [5.74, 6) is -0.706. The summed E-state index contributed by atoms with van der Waals surface area (Å²) in [6, 6.07) is 16.9. The summed E-state index contributed by atoms with van der Waals surface area (Å²) in [6.07, 6.45) is 5.92. The Kier molecular flexibility index (Phi) is 7.86. The molecule has 0 saturated heterocycles. The fraction of sp³-hybridized carbons (Fsp3) is 0.176. The molecule has 12 heteroatoms. The molecule has 0 spiro atoms. The van der Waals surface area contributed by atoms with Crippen molar-refractivity contribution in [2.75, 3.05) is 5.32 Å². The van der Waals surface area contributed by atoms with E-state index in [2.05, 4.69) is 15.5 Å². The first-order valence-corrected chi connectivity index (χ1v) is 14.4. The zero-order valence-electron chi connectivity index (χ0n) is 25.5. The zero-order valence-corrected chi connectivity index (χ0v) is 25.5. The van der Waals surface area contributed by atoms with Crippen LogP contribution in [0, 0.1) is 18.6 Å². The molecule has 4 heterocycles. The van der Waals surface area contributed by atoms with Crippen molar-refractivity contribution in [2.24, 2.45) is 0 Å². The molecule has 2 aromatic carbocycles. The van der Waals surface area contributed by atoms with Crippen LogP contribution in [0.3, 0.4) is 0 Å². The Bertz CT molecular complexity index is 2130. The standard InChI is InChI=1S/C34H30F2N6O4/c1-21-27(19-39-42(21)33(44)46-34(2,3)4)23-16-31(29-13-14-38-41(29)20-23)45-30-12-9-25(17-28(30)36)37-18-22-6-5-15-40(32(22)43)26-10-7-24(35)8-11-26/h5-17,19-20,37H,18H2,1-4H3. The third-order valence-electron chi connectivity index (χ3n) is 7.12. The summed E-state index contributed by atoms with van der Waals surface area (Å²) in [6.45, 7) is 7.21. The van der Waals surface area contributed by atoms with Crippen molar-refractivity contribution in [2.45, 2.75) is 39.8 Å². The number of rotatable bonds is 7. The van der Waals surface area contributed by atoms with Gasteiger partial charge in [0.15, 0.2) is 17.3 Å². The van der Waals surface area contributed by atoms with Gasteiger partial charge in [-0.1, -0.05) is 6.07 Å². The number of nitrogens with one attached hydrogen (secondary N) is 1. The van der Waals surface area contributed by atoms with Gasteiger partial charge in [0.25, 0.3) is 5.56 Å². The lowest BCUT2D eigenvalue weighted by atomic mass is 10.1. The van der Waals surface area contributed by atoms with Crippen molar-refractivity contribution in [1.82, 2.24) is 24.0 Å².